The van der Waals surface area contributed by atoms with Gasteiger partial charge in [0.15, 0.2) is 11.5 Å². The molecule has 0 bridgehead atoms. The van der Waals surface area contributed by atoms with Crippen molar-refractivity contribution in [3.05, 3.63) is 50.9 Å². The maximum Gasteiger partial charge on any atom is 0.299 e. The van der Waals surface area contributed by atoms with Crippen molar-refractivity contribution in [2.75, 3.05) is 25.2 Å². The predicted molar refractivity (Wildman–Crippen MR) is 97.0 cm³/mol. The summed E-state index contributed by atoms with van der Waals surface area (Å²) in [5.41, 5.74) is 0.968. The van der Waals surface area contributed by atoms with Crippen LogP contribution in [0.4, 0.5) is 5.69 Å². The van der Waals surface area contributed by atoms with Crippen LogP contribution in [0.3, 0.4) is 0 Å². The molecule has 1 aliphatic heterocycles. The van der Waals surface area contributed by atoms with E-state index in [2.05, 4.69) is 31.9 Å². The Morgan fingerprint density at radius 3 is 2.50 bits per heavy atom. The van der Waals surface area contributed by atoms with Gasteiger partial charge in [0.05, 0.1) is 24.9 Å². The van der Waals surface area contributed by atoms with Crippen molar-refractivity contribution in [2.24, 2.45) is 0 Å². The molecule has 2 aromatic carbocycles. The van der Waals surface area contributed by atoms with Crippen LogP contribution in [0.1, 0.15) is 10.4 Å². The molecule has 5 nitrogen and oxygen atoms in total. The number of carbonyl (C=O) groups is 2. The molecule has 3 rings (SSSR count). The number of Topliss-reactive ketones (excluding diaryl/α,β-unsaturated/α-hetero) is 1. The Balaban J connectivity index is 1.77. The number of carbonyl (C=O) groups excluding carboxylic acids is 2. The smallest absolute Gasteiger partial charge is 0.299 e. The molecule has 7 heteroatoms. The minimum atomic E-state index is -0.549. The summed E-state index contributed by atoms with van der Waals surface area (Å²) < 4.78 is 12.3. The Labute approximate surface area is 155 Å². The van der Waals surface area contributed by atoms with E-state index >= 15 is 0 Å². The maximum absolute atomic E-state index is 12.3. The van der Waals surface area contributed by atoms with E-state index in [9.17, 15) is 9.59 Å². The number of halogens is 2. The average molecular weight is 455 g/mol. The fourth-order valence-corrected chi connectivity index (χ4v) is 3.99. The van der Waals surface area contributed by atoms with E-state index < -0.39 is 11.7 Å². The fraction of sp³-hybridized carbons (Fsp3) is 0.176. The van der Waals surface area contributed by atoms with Gasteiger partial charge in [0.1, 0.15) is 6.61 Å². The first-order valence-electron chi connectivity index (χ1n) is 7.14. The molecular weight excluding hydrogens is 442 g/mol. The lowest BCUT2D eigenvalue weighted by Crippen LogP contribution is -2.33. The summed E-state index contributed by atoms with van der Waals surface area (Å²) in [5.74, 6) is 0.150. The highest BCUT2D eigenvalue weighted by Crippen LogP contribution is 2.38. The second kappa shape index (κ2) is 6.94. The number of benzene rings is 2. The lowest BCUT2D eigenvalue weighted by atomic mass is 10.1. The SMILES string of the molecule is COc1ccccc1OCCN1C(=O)C(=O)c2cc(Br)cc(Br)c21. The van der Waals surface area contributed by atoms with Crippen LogP contribution in [0.25, 0.3) is 0 Å². The van der Waals surface area contributed by atoms with Gasteiger partial charge in [-0.3, -0.25) is 9.59 Å². The monoisotopic (exact) mass is 453 g/mol. The molecule has 0 atom stereocenters. The Morgan fingerprint density at radius 1 is 1.08 bits per heavy atom. The number of hydrogen-bond acceptors (Lipinski definition) is 4. The van der Waals surface area contributed by atoms with E-state index in [4.69, 9.17) is 9.47 Å². The molecule has 1 aliphatic rings. The lowest BCUT2D eigenvalue weighted by Gasteiger charge is -2.18. The largest absolute Gasteiger partial charge is 0.493 e. The molecular formula is C17H13Br2NO4. The van der Waals surface area contributed by atoms with Crippen LogP contribution < -0.4 is 14.4 Å². The van der Waals surface area contributed by atoms with E-state index in [1.54, 1.807) is 31.4 Å². The summed E-state index contributed by atoms with van der Waals surface area (Å²) in [6, 6.07) is 10.7. The minimum Gasteiger partial charge on any atom is -0.493 e. The van der Waals surface area contributed by atoms with Crippen molar-refractivity contribution in [3.8, 4) is 11.5 Å². The Morgan fingerprint density at radius 2 is 1.79 bits per heavy atom. The minimum absolute atomic E-state index is 0.237. The average Bonchev–Trinajstić information content (AvgIpc) is 2.80. The topological polar surface area (TPSA) is 55.8 Å². The third-order valence-corrected chi connectivity index (χ3v) is 4.69. The third-order valence-electron chi connectivity index (χ3n) is 3.62. The first-order valence-corrected chi connectivity index (χ1v) is 8.72. The van der Waals surface area contributed by atoms with Crippen molar-refractivity contribution in [1.29, 1.82) is 0 Å². The fourth-order valence-electron chi connectivity index (χ4n) is 2.55. The summed E-state index contributed by atoms with van der Waals surface area (Å²) >= 11 is 6.75. The van der Waals surface area contributed by atoms with Crippen LogP contribution >= 0.6 is 31.9 Å². The number of para-hydroxylation sites is 2. The van der Waals surface area contributed by atoms with Crippen LogP contribution in [0, 0.1) is 0 Å². The summed E-state index contributed by atoms with van der Waals surface area (Å²) in [6.07, 6.45) is 0. The number of rotatable bonds is 5. The number of nitrogens with zero attached hydrogens (tertiary/aromatic N) is 1. The summed E-state index contributed by atoms with van der Waals surface area (Å²) in [6.45, 7) is 0.497. The number of methoxy groups -OCH3 is 1. The van der Waals surface area contributed by atoms with Crippen molar-refractivity contribution in [2.45, 2.75) is 0 Å². The summed E-state index contributed by atoms with van der Waals surface area (Å²) in [5, 5.41) is 0. The zero-order valence-corrected chi connectivity index (χ0v) is 15.9. The number of hydrogen-bond donors (Lipinski definition) is 0. The van der Waals surface area contributed by atoms with Gasteiger partial charge in [0.2, 0.25) is 0 Å². The molecule has 24 heavy (non-hydrogen) atoms. The quantitative estimate of drug-likeness (QED) is 0.644. The molecule has 1 heterocycles. The van der Waals surface area contributed by atoms with Gasteiger partial charge in [-0.25, -0.2) is 0 Å². The molecule has 0 unspecified atom stereocenters. The Hall–Kier alpha value is -1.86. The van der Waals surface area contributed by atoms with Crippen molar-refractivity contribution < 1.29 is 19.1 Å². The van der Waals surface area contributed by atoms with Gasteiger partial charge in [-0.1, -0.05) is 28.1 Å². The van der Waals surface area contributed by atoms with E-state index in [-0.39, 0.29) is 13.2 Å². The van der Waals surface area contributed by atoms with Gasteiger partial charge in [0, 0.05) is 8.95 Å². The number of ketones is 1. The zero-order chi connectivity index (χ0) is 17.3. The van der Waals surface area contributed by atoms with Gasteiger partial charge in [-0.2, -0.15) is 0 Å². The lowest BCUT2D eigenvalue weighted by molar-refractivity contribution is -0.114. The molecule has 0 radical (unpaired) electrons. The zero-order valence-electron chi connectivity index (χ0n) is 12.7. The number of fused-ring (bicyclic) bond motifs is 1. The summed E-state index contributed by atoms with van der Waals surface area (Å²) in [4.78, 5) is 25.8. The third kappa shape index (κ3) is 3.06. The highest BCUT2D eigenvalue weighted by Gasteiger charge is 2.37. The Bertz CT molecular complexity index is 822. The van der Waals surface area contributed by atoms with Crippen LogP contribution in [0.2, 0.25) is 0 Å². The highest BCUT2D eigenvalue weighted by molar-refractivity contribution is 9.11. The van der Waals surface area contributed by atoms with Crippen molar-refractivity contribution in [1.82, 2.24) is 0 Å². The van der Waals surface area contributed by atoms with Crippen LogP contribution in [0.5, 0.6) is 11.5 Å². The van der Waals surface area contributed by atoms with E-state index in [1.165, 1.54) is 4.90 Å². The van der Waals surface area contributed by atoms with Gasteiger partial charge < -0.3 is 14.4 Å². The van der Waals surface area contributed by atoms with Crippen LogP contribution in [-0.2, 0) is 4.79 Å². The van der Waals surface area contributed by atoms with Gasteiger partial charge in [-0.05, 0) is 40.2 Å². The van der Waals surface area contributed by atoms with E-state index in [1.807, 2.05) is 12.1 Å². The maximum atomic E-state index is 12.3. The molecule has 0 aromatic heterocycles. The van der Waals surface area contributed by atoms with Crippen molar-refractivity contribution in [3.63, 3.8) is 0 Å². The van der Waals surface area contributed by atoms with E-state index in [0.29, 0.717) is 27.2 Å². The van der Waals surface area contributed by atoms with Crippen LogP contribution in [0.15, 0.2) is 45.3 Å². The number of amides is 1. The normalized spacial score (nSPS) is 13.2. The van der Waals surface area contributed by atoms with Gasteiger partial charge in [0.25, 0.3) is 11.7 Å². The molecule has 0 saturated carbocycles. The number of anilines is 1. The molecule has 0 N–H and O–H groups in total. The highest BCUT2D eigenvalue weighted by atomic mass is 79.9. The second-order valence-electron chi connectivity index (χ2n) is 5.07. The molecule has 2 aromatic rings. The van der Waals surface area contributed by atoms with E-state index in [0.717, 1.165) is 4.47 Å². The summed E-state index contributed by atoms with van der Waals surface area (Å²) in [7, 11) is 1.57. The molecule has 124 valence electrons. The molecule has 0 saturated heterocycles. The molecule has 0 spiro atoms. The number of ether oxygens (including phenoxy) is 2. The van der Waals surface area contributed by atoms with Gasteiger partial charge in [-0.15, -0.1) is 0 Å². The van der Waals surface area contributed by atoms with Crippen molar-refractivity contribution >= 4 is 49.2 Å². The second-order valence-corrected chi connectivity index (χ2v) is 6.84. The van der Waals surface area contributed by atoms with Crippen LogP contribution in [-0.4, -0.2) is 32.0 Å². The molecule has 0 aliphatic carbocycles. The standard InChI is InChI=1S/C17H13Br2NO4/c1-23-13-4-2-3-5-14(13)24-7-6-20-15-11(16(21)17(20)22)8-10(18)9-12(15)19/h2-5,8-9H,6-7H2,1H3. The predicted octanol–water partition coefficient (Wildman–Crippen LogP) is 3.83. The Kier molecular flexibility index (Phi) is 4.91. The molecule has 1 amide bonds. The van der Waals surface area contributed by atoms with Gasteiger partial charge >= 0.3 is 0 Å². The first-order chi connectivity index (χ1) is 11.5. The first kappa shape index (κ1) is 17.0. The molecule has 0 fully saturated rings.